The van der Waals surface area contributed by atoms with Crippen molar-refractivity contribution >= 4 is 5.91 Å². The second kappa shape index (κ2) is 7.22. The highest BCUT2D eigenvalue weighted by Crippen LogP contribution is 2.09. The van der Waals surface area contributed by atoms with Crippen LogP contribution in [0.25, 0.3) is 0 Å². The third-order valence-electron chi connectivity index (χ3n) is 2.81. The van der Waals surface area contributed by atoms with Gasteiger partial charge in [-0.25, -0.2) is 0 Å². The van der Waals surface area contributed by atoms with Crippen LogP contribution in [0, 0.1) is 18.8 Å². The van der Waals surface area contributed by atoms with Gasteiger partial charge in [-0.15, -0.1) is 0 Å². The summed E-state index contributed by atoms with van der Waals surface area (Å²) in [6, 6.07) is 11.0. The standard InChI is InChI=1S/C17H16N2O2/c1-13-9-14(5-4-8-20)11-15(10-13)17(21)19-12-16-6-2-3-7-18-16/h2-3,6-7,9-11,20H,8,12H2,1H3,(H,19,21). The lowest BCUT2D eigenvalue weighted by Crippen LogP contribution is -2.23. The molecule has 1 aromatic carbocycles. The molecule has 4 nitrogen and oxygen atoms in total. The molecule has 0 bridgehead atoms. The smallest absolute Gasteiger partial charge is 0.251 e. The number of amides is 1. The minimum Gasteiger partial charge on any atom is -0.384 e. The summed E-state index contributed by atoms with van der Waals surface area (Å²) in [6.07, 6.45) is 1.69. The second-order valence-corrected chi connectivity index (χ2v) is 4.55. The maximum atomic E-state index is 12.2. The van der Waals surface area contributed by atoms with Gasteiger partial charge in [-0.2, -0.15) is 0 Å². The summed E-state index contributed by atoms with van der Waals surface area (Å²) in [5, 5.41) is 11.6. The van der Waals surface area contributed by atoms with Gasteiger partial charge in [0.25, 0.3) is 5.91 Å². The zero-order valence-electron chi connectivity index (χ0n) is 11.8. The van der Waals surface area contributed by atoms with Crippen LogP contribution in [0.3, 0.4) is 0 Å². The summed E-state index contributed by atoms with van der Waals surface area (Å²) in [5.41, 5.74) is 3.02. The Hall–Kier alpha value is -2.64. The molecule has 1 heterocycles. The van der Waals surface area contributed by atoms with Gasteiger partial charge in [-0.3, -0.25) is 9.78 Å². The summed E-state index contributed by atoms with van der Waals surface area (Å²) in [7, 11) is 0. The van der Waals surface area contributed by atoms with Crippen molar-refractivity contribution in [3.05, 3.63) is 65.0 Å². The Morgan fingerprint density at radius 2 is 2.19 bits per heavy atom. The van der Waals surface area contributed by atoms with Gasteiger partial charge in [0.05, 0.1) is 12.2 Å². The molecule has 2 rings (SSSR count). The van der Waals surface area contributed by atoms with Crippen LogP contribution in [0.2, 0.25) is 0 Å². The monoisotopic (exact) mass is 280 g/mol. The van der Waals surface area contributed by atoms with Crippen molar-refractivity contribution in [1.82, 2.24) is 10.3 Å². The van der Waals surface area contributed by atoms with E-state index in [1.54, 1.807) is 18.3 Å². The van der Waals surface area contributed by atoms with E-state index in [0.29, 0.717) is 17.7 Å². The van der Waals surface area contributed by atoms with Crippen LogP contribution in [0.5, 0.6) is 0 Å². The van der Waals surface area contributed by atoms with Gasteiger partial charge in [-0.05, 0) is 42.8 Å². The Morgan fingerprint density at radius 1 is 1.33 bits per heavy atom. The number of aliphatic hydroxyl groups is 1. The molecule has 0 saturated carbocycles. The Kier molecular flexibility index (Phi) is 5.08. The largest absolute Gasteiger partial charge is 0.384 e. The molecule has 4 heteroatoms. The predicted octanol–water partition coefficient (Wildman–Crippen LogP) is 1.66. The SMILES string of the molecule is Cc1cc(C#CCO)cc(C(=O)NCc2ccccn2)c1. The van der Waals surface area contributed by atoms with Crippen LogP contribution < -0.4 is 5.32 Å². The topological polar surface area (TPSA) is 62.2 Å². The van der Waals surface area contributed by atoms with E-state index in [4.69, 9.17) is 5.11 Å². The van der Waals surface area contributed by atoms with Crippen molar-refractivity contribution in [2.75, 3.05) is 6.61 Å². The van der Waals surface area contributed by atoms with Gasteiger partial charge < -0.3 is 10.4 Å². The molecule has 2 N–H and O–H groups in total. The molecule has 21 heavy (non-hydrogen) atoms. The summed E-state index contributed by atoms with van der Waals surface area (Å²) in [5.74, 6) is 5.22. The minimum absolute atomic E-state index is 0.170. The van der Waals surface area contributed by atoms with Gasteiger partial charge >= 0.3 is 0 Å². The van der Waals surface area contributed by atoms with Crippen LogP contribution in [-0.2, 0) is 6.54 Å². The van der Waals surface area contributed by atoms with Crippen molar-refractivity contribution in [3.8, 4) is 11.8 Å². The van der Waals surface area contributed by atoms with E-state index < -0.39 is 0 Å². The third-order valence-corrected chi connectivity index (χ3v) is 2.81. The number of rotatable bonds is 3. The lowest BCUT2D eigenvalue weighted by molar-refractivity contribution is 0.0950. The van der Waals surface area contributed by atoms with E-state index in [1.807, 2.05) is 31.2 Å². The number of pyridine rings is 1. The number of carbonyl (C=O) groups excluding carboxylic acids is 1. The molecule has 1 amide bonds. The number of hydrogen-bond acceptors (Lipinski definition) is 3. The lowest BCUT2D eigenvalue weighted by Gasteiger charge is -2.06. The first-order chi connectivity index (χ1) is 10.2. The Morgan fingerprint density at radius 3 is 2.90 bits per heavy atom. The summed E-state index contributed by atoms with van der Waals surface area (Å²) < 4.78 is 0. The van der Waals surface area contributed by atoms with Crippen LogP contribution >= 0.6 is 0 Å². The van der Waals surface area contributed by atoms with E-state index in [0.717, 1.165) is 11.3 Å². The van der Waals surface area contributed by atoms with Crippen LogP contribution in [-0.4, -0.2) is 22.6 Å². The van der Waals surface area contributed by atoms with E-state index in [-0.39, 0.29) is 12.5 Å². The Bertz CT molecular complexity index is 685. The summed E-state index contributed by atoms with van der Waals surface area (Å²) >= 11 is 0. The number of benzene rings is 1. The van der Waals surface area contributed by atoms with Gasteiger partial charge in [0.15, 0.2) is 0 Å². The highest BCUT2D eigenvalue weighted by atomic mass is 16.2. The molecule has 0 unspecified atom stereocenters. The summed E-state index contributed by atoms with van der Waals surface area (Å²) in [4.78, 5) is 16.3. The number of aromatic nitrogens is 1. The van der Waals surface area contributed by atoms with Gasteiger partial charge in [-0.1, -0.05) is 17.9 Å². The first-order valence-electron chi connectivity index (χ1n) is 6.58. The molecule has 2 aromatic rings. The van der Waals surface area contributed by atoms with Crippen molar-refractivity contribution < 1.29 is 9.90 Å². The highest BCUT2D eigenvalue weighted by Gasteiger charge is 2.07. The summed E-state index contributed by atoms with van der Waals surface area (Å²) in [6.45, 7) is 2.08. The van der Waals surface area contributed by atoms with Crippen LogP contribution in [0.4, 0.5) is 0 Å². The Labute approximate surface area is 123 Å². The molecular formula is C17H16N2O2. The molecule has 0 aliphatic carbocycles. The average Bonchev–Trinajstić information content (AvgIpc) is 2.51. The van der Waals surface area contributed by atoms with Crippen molar-refractivity contribution in [3.63, 3.8) is 0 Å². The molecule has 0 aliphatic rings. The molecule has 1 aromatic heterocycles. The zero-order valence-corrected chi connectivity index (χ0v) is 11.8. The highest BCUT2D eigenvalue weighted by molar-refractivity contribution is 5.94. The molecule has 0 atom stereocenters. The second-order valence-electron chi connectivity index (χ2n) is 4.55. The molecule has 0 spiro atoms. The maximum Gasteiger partial charge on any atom is 0.251 e. The predicted molar refractivity (Wildman–Crippen MR) is 80.6 cm³/mol. The van der Waals surface area contributed by atoms with Crippen LogP contribution in [0.1, 0.15) is 27.2 Å². The van der Waals surface area contributed by atoms with Gasteiger partial charge in [0.1, 0.15) is 6.61 Å². The zero-order chi connectivity index (χ0) is 15.1. The number of nitrogens with zero attached hydrogens (tertiary/aromatic N) is 1. The fourth-order valence-corrected chi connectivity index (χ4v) is 1.90. The first-order valence-corrected chi connectivity index (χ1v) is 6.58. The van der Waals surface area contributed by atoms with Crippen LogP contribution in [0.15, 0.2) is 42.6 Å². The molecule has 0 aliphatic heterocycles. The number of hydrogen-bond donors (Lipinski definition) is 2. The average molecular weight is 280 g/mol. The van der Waals surface area contributed by atoms with E-state index in [9.17, 15) is 4.79 Å². The van der Waals surface area contributed by atoms with Crippen molar-refractivity contribution in [2.24, 2.45) is 0 Å². The molecular weight excluding hydrogens is 264 g/mol. The fourth-order valence-electron chi connectivity index (χ4n) is 1.90. The molecule has 0 saturated heterocycles. The van der Waals surface area contributed by atoms with Crippen molar-refractivity contribution in [1.29, 1.82) is 0 Å². The number of aliphatic hydroxyl groups excluding tert-OH is 1. The third kappa shape index (κ3) is 4.44. The fraction of sp³-hybridized carbons (Fsp3) is 0.176. The normalized spacial score (nSPS) is 9.62. The molecule has 0 fully saturated rings. The maximum absolute atomic E-state index is 12.2. The lowest BCUT2D eigenvalue weighted by atomic mass is 10.1. The van der Waals surface area contributed by atoms with Crippen molar-refractivity contribution in [2.45, 2.75) is 13.5 Å². The number of nitrogens with one attached hydrogen (secondary N) is 1. The van der Waals surface area contributed by atoms with Gasteiger partial charge in [0, 0.05) is 17.3 Å². The van der Waals surface area contributed by atoms with E-state index in [2.05, 4.69) is 22.1 Å². The van der Waals surface area contributed by atoms with E-state index >= 15 is 0 Å². The number of aryl methyl sites for hydroxylation is 1. The number of carbonyl (C=O) groups is 1. The molecule has 106 valence electrons. The first kappa shape index (κ1) is 14.8. The minimum atomic E-state index is -0.199. The van der Waals surface area contributed by atoms with E-state index in [1.165, 1.54) is 0 Å². The van der Waals surface area contributed by atoms with Gasteiger partial charge in [0.2, 0.25) is 0 Å². The molecule has 0 radical (unpaired) electrons. The Balaban J connectivity index is 2.10. The quantitative estimate of drug-likeness (QED) is 0.841.